The molecule has 0 aliphatic heterocycles. The molecule has 0 N–H and O–H groups in total. The van der Waals surface area contributed by atoms with E-state index < -0.39 is 0 Å². The molecule has 0 aromatic heterocycles. The average molecular weight is 589 g/mol. The Hall–Kier alpha value is -1.74. The Morgan fingerprint density at radius 3 is 1.38 bits per heavy atom. The third-order valence-electron chi connectivity index (χ3n) is 5.95. The van der Waals surface area contributed by atoms with E-state index in [-0.39, 0.29) is 0 Å². The standard InChI is InChI=1S/C17H28.C7H16.C5H10.C4H8.C3H8.2C2H6.C2H2/c1-13(2)16(5)8-7-14(3)11-15(4)12-17(6)9-10-17;1-4-6-7(3)5-2;1-4-5(2)3;1-4(2)3;1-3-2;3*1-2/h7-8,14-15H,1,5,9-12H2,2-4,6H3;7H,4-6H2,1-3H3;4H,1-3H3;1H2,2-3H3;3H2,1-2H3;2*1-2H3;1-2H/b8-7-;;;;;;;. The van der Waals surface area contributed by atoms with Gasteiger partial charge in [0.15, 0.2) is 0 Å². The molecule has 42 heavy (non-hydrogen) atoms. The molecule has 1 aliphatic carbocycles. The first-order valence-corrected chi connectivity index (χ1v) is 17.1. The van der Waals surface area contributed by atoms with Crippen molar-refractivity contribution >= 4 is 0 Å². The highest BCUT2D eigenvalue weighted by molar-refractivity contribution is 5.33. The van der Waals surface area contributed by atoms with Gasteiger partial charge in [0.2, 0.25) is 0 Å². The molecule has 0 aromatic carbocycles. The van der Waals surface area contributed by atoms with E-state index in [9.17, 15) is 0 Å². The van der Waals surface area contributed by atoms with Crippen molar-refractivity contribution in [2.24, 2.45) is 23.2 Å². The van der Waals surface area contributed by atoms with Gasteiger partial charge in [0.25, 0.3) is 0 Å². The third-order valence-corrected chi connectivity index (χ3v) is 5.95. The van der Waals surface area contributed by atoms with E-state index in [2.05, 4.69) is 120 Å². The molecule has 0 aromatic rings. The molecule has 0 saturated heterocycles. The molecular weight excluding hydrogens is 504 g/mol. The smallest absolute Gasteiger partial charge is 0.0256 e. The molecule has 1 saturated carbocycles. The van der Waals surface area contributed by atoms with Crippen LogP contribution < -0.4 is 0 Å². The van der Waals surface area contributed by atoms with Crippen LogP contribution in [0.5, 0.6) is 0 Å². The van der Waals surface area contributed by atoms with Gasteiger partial charge >= 0.3 is 0 Å². The van der Waals surface area contributed by atoms with Crippen LogP contribution in [0.4, 0.5) is 0 Å². The average Bonchev–Trinajstić information content (AvgIpc) is 3.67. The summed E-state index contributed by atoms with van der Waals surface area (Å²) < 4.78 is 0. The minimum Gasteiger partial charge on any atom is -0.124 e. The predicted octanol–water partition coefficient (Wildman–Crippen LogP) is 15.6. The minimum absolute atomic E-state index is 0.642. The molecule has 0 bridgehead atoms. The first kappa shape index (κ1) is 56.1. The number of terminal acetylenes is 1. The molecule has 0 amide bonds. The van der Waals surface area contributed by atoms with Crippen LogP contribution in [0.2, 0.25) is 0 Å². The van der Waals surface area contributed by atoms with Crippen LogP contribution in [-0.4, -0.2) is 0 Å². The summed E-state index contributed by atoms with van der Waals surface area (Å²) >= 11 is 0. The minimum atomic E-state index is 0.642. The maximum Gasteiger partial charge on any atom is -0.0256 e. The Morgan fingerprint density at radius 1 is 0.810 bits per heavy atom. The largest absolute Gasteiger partial charge is 0.124 e. The normalized spacial score (nSPS) is 13.1. The monoisotopic (exact) mass is 589 g/mol. The highest BCUT2D eigenvalue weighted by atomic mass is 14.4. The summed E-state index contributed by atoms with van der Waals surface area (Å²) in [5, 5.41) is 0. The van der Waals surface area contributed by atoms with Crippen LogP contribution in [0.1, 0.15) is 176 Å². The summed E-state index contributed by atoms with van der Waals surface area (Å²) in [6, 6.07) is 0. The maximum atomic E-state index is 4.00. The van der Waals surface area contributed by atoms with Crippen molar-refractivity contribution in [3.05, 3.63) is 60.3 Å². The van der Waals surface area contributed by atoms with Crippen LogP contribution >= 0.6 is 0 Å². The van der Waals surface area contributed by atoms with Gasteiger partial charge in [-0.2, -0.15) is 0 Å². The number of hydrogen-bond donors (Lipinski definition) is 0. The van der Waals surface area contributed by atoms with Gasteiger partial charge in [-0.3, -0.25) is 0 Å². The molecule has 0 heterocycles. The van der Waals surface area contributed by atoms with E-state index in [4.69, 9.17) is 0 Å². The number of allylic oxidation sites excluding steroid dienone is 7. The number of hydrogen-bond acceptors (Lipinski definition) is 0. The SMILES string of the molecule is C#C.C=C(C)C.C=C(C)C(=C)/C=C\C(C)CC(C)CC1(C)CC1.CC.CC.CC=C(C)C.CCC.CCCC(C)CC. The van der Waals surface area contributed by atoms with E-state index in [0.29, 0.717) is 11.3 Å². The van der Waals surface area contributed by atoms with Crippen molar-refractivity contribution in [2.45, 2.75) is 176 Å². The Kier molecular flexibility index (Phi) is 58.4. The van der Waals surface area contributed by atoms with Gasteiger partial charge in [-0.1, -0.05) is 157 Å². The highest BCUT2D eigenvalue weighted by Crippen LogP contribution is 2.50. The Bertz CT molecular complexity index is 624. The lowest BCUT2D eigenvalue weighted by Gasteiger charge is -2.18. The number of rotatable bonds is 10. The van der Waals surface area contributed by atoms with Gasteiger partial charge in [0.05, 0.1) is 0 Å². The van der Waals surface area contributed by atoms with Gasteiger partial charge in [0, 0.05) is 0 Å². The van der Waals surface area contributed by atoms with Crippen LogP contribution in [0.15, 0.2) is 60.3 Å². The second-order valence-electron chi connectivity index (χ2n) is 12.1. The molecular formula is C42H84. The molecule has 3 unspecified atom stereocenters. The van der Waals surface area contributed by atoms with Crippen LogP contribution in [-0.2, 0) is 0 Å². The van der Waals surface area contributed by atoms with Gasteiger partial charge in [-0.25, -0.2) is 0 Å². The topological polar surface area (TPSA) is 0 Å². The second-order valence-corrected chi connectivity index (χ2v) is 12.1. The third kappa shape index (κ3) is 66.5. The summed E-state index contributed by atoms with van der Waals surface area (Å²) in [4.78, 5) is 0. The fraction of sp³-hybridized carbons (Fsp3) is 0.714. The van der Waals surface area contributed by atoms with Crippen molar-refractivity contribution < 1.29 is 0 Å². The molecule has 1 aliphatic rings. The summed E-state index contributed by atoms with van der Waals surface area (Å²) in [6.45, 7) is 49.8. The maximum absolute atomic E-state index is 4.00. The van der Waals surface area contributed by atoms with Crippen molar-refractivity contribution in [2.75, 3.05) is 0 Å². The summed E-state index contributed by atoms with van der Waals surface area (Å²) in [6.07, 6.45) is 25.4. The fourth-order valence-electron chi connectivity index (χ4n) is 3.17. The predicted molar refractivity (Wildman–Crippen MR) is 207 cm³/mol. The first-order chi connectivity index (χ1) is 19.5. The Balaban J connectivity index is -0.0000000815. The van der Waals surface area contributed by atoms with Gasteiger partial charge in [0.1, 0.15) is 0 Å². The lowest BCUT2D eigenvalue weighted by Crippen LogP contribution is -2.06. The molecule has 0 nitrogen and oxygen atoms in total. The zero-order chi connectivity index (χ0) is 35.3. The zero-order valence-corrected chi connectivity index (χ0v) is 32.9. The summed E-state index contributed by atoms with van der Waals surface area (Å²) in [5.41, 5.74) is 5.35. The quantitative estimate of drug-likeness (QED) is 0.135. The highest BCUT2D eigenvalue weighted by Gasteiger charge is 2.38. The van der Waals surface area contributed by atoms with E-state index in [0.717, 1.165) is 23.0 Å². The molecule has 252 valence electrons. The lowest BCUT2D eigenvalue weighted by atomic mass is 9.87. The molecule has 0 heteroatoms. The van der Waals surface area contributed by atoms with Crippen molar-refractivity contribution in [3.63, 3.8) is 0 Å². The van der Waals surface area contributed by atoms with E-state index in [1.807, 2.05) is 55.4 Å². The molecule has 1 rings (SSSR count). The van der Waals surface area contributed by atoms with E-state index >= 15 is 0 Å². The summed E-state index contributed by atoms with van der Waals surface area (Å²) in [7, 11) is 0. The molecule has 0 spiro atoms. The van der Waals surface area contributed by atoms with Crippen molar-refractivity contribution in [3.8, 4) is 12.8 Å². The fourth-order valence-corrected chi connectivity index (χ4v) is 3.17. The second kappa shape index (κ2) is 43.7. The van der Waals surface area contributed by atoms with Gasteiger partial charge < -0.3 is 0 Å². The molecule has 0 radical (unpaired) electrons. The van der Waals surface area contributed by atoms with Crippen molar-refractivity contribution in [1.29, 1.82) is 0 Å². The van der Waals surface area contributed by atoms with Gasteiger partial charge in [-0.05, 0) is 96.0 Å². The van der Waals surface area contributed by atoms with Crippen LogP contribution in [0, 0.1) is 36.0 Å². The lowest BCUT2D eigenvalue weighted by molar-refractivity contribution is 0.354. The zero-order valence-electron chi connectivity index (χ0n) is 32.9. The van der Waals surface area contributed by atoms with Crippen LogP contribution in [0.3, 0.4) is 0 Å². The molecule has 3 atom stereocenters. The molecule has 1 fully saturated rings. The van der Waals surface area contributed by atoms with Gasteiger partial charge in [-0.15, -0.1) is 19.4 Å². The van der Waals surface area contributed by atoms with Crippen molar-refractivity contribution in [1.82, 2.24) is 0 Å². The first-order valence-electron chi connectivity index (χ1n) is 17.1. The Morgan fingerprint density at radius 2 is 1.17 bits per heavy atom. The van der Waals surface area contributed by atoms with Crippen LogP contribution in [0.25, 0.3) is 0 Å². The summed E-state index contributed by atoms with van der Waals surface area (Å²) in [5.74, 6) is 2.42. The Labute approximate surface area is 271 Å². The van der Waals surface area contributed by atoms with E-state index in [1.54, 1.807) is 0 Å². The van der Waals surface area contributed by atoms with E-state index in [1.165, 1.54) is 62.5 Å².